The maximum Gasteiger partial charge on any atom is 0.0845 e. The van der Waals surface area contributed by atoms with Crippen molar-refractivity contribution in [2.45, 2.75) is 37.8 Å². The standard InChI is InChI=1S/C15H23NO2/c1-15(16,8-10-17-2)11-14-13-6-4-3-5-12(13)7-9-18-14/h3-6,14H,7-11,16H2,1-2H3. The fraction of sp³-hybridized carbons (Fsp3) is 0.600. The maximum absolute atomic E-state index is 6.33. The molecule has 0 saturated carbocycles. The Balaban J connectivity index is 2.06. The van der Waals surface area contributed by atoms with Crippen molar-refractivity contribution in [2.24, 2.45) is 5.73 Å². The Kier molecular flexibility index (Phi) is 4.38. The van der Waals surface area contributed by atoms with Gasteiger partial charge in [-0.2, -0.15) is 0 Å². The Morgan fingerprint density at radius 1 is 1.44 bits per heavy atom. The van der Waals surface area contributed by atoms with Crippen LogP contribution >= 0.6 is 0 Å². The Bertz CT molecular complexity index is 390. The molecular weight excluding hydrogens is 226 g/mol. The molecule has 3 nitrogen and oxygen atoms in total. The van der Waals surface area contributed by atoms with Crippen LogP contribution in [0.2, 0.25) is 0 Å². The minimum absolute atomic E-state index is 0.127. The molecule has 100 valence electrons. The molecule has 0 bridgehead atoms. The van der Waals surface area contributed by atoms with Gasteiger partial charge in [0, 0.05) is 19.3 Å². The number of fused-ring (bicyclic) bond motifs is 1. The highest BCUT2D eigenvalue weighted by molar-refractivity contribution is 5.31. The molecule has 18 heavy (non-hydrogen) atoms. The molecule has 1 aliphatic rings. The van der Waals surface area contributed by atoms with Crippen LogP contribution in [-0.2, 0) is 15.9 Å². The molecule has 1 aromatic carbocycles. The summed E-state index contributed by atoms with van der Waals surface area (Å²) in [6.07, 6.45) is 2.83. The van der Waals surface area contributed by atoms with Crippen LogP contribution in [0.5, 0.6) is 0 Å². The van der Waals surface area contributed by atoms with Crippen molar-refractivity contribution in [3.05, 3.63) is 35.4 Å². The summed E-state index contributed by atoms with van der Waals surface area (Å²) in [5.74, 6) is 0. The van der Waals surface area contributed by atoms with Crippen LogP contribution in [-0.4, -0.2) is 25.9 Å². The van der Waals surface area contributed by atoms with Gasteiger partial charge in [-0.3, -0.25) is 0 Å². The van der Waals surface area contributed by atoms with Gasteiger partial charge in [0.05, 0.1) is 12.7 Å². The molecule has 2 unspecified atom stereocenters. The molecule has 1 heterocycles. The maximum atomic E-state index is 6.33. The zero-order valence-corrected chi connectivity index (χ0v) is 11.3. The van der Waals surface area contributed by atoms with Crippen molar-refractivity contribution in [3.8, 4) is 0 Å². The van der Waals surface area contributed by atoms with Crippen LogP contribution in [0, 0.1) is 0 Å². The topological polar surface area (TPSA) is 44.5 Å². The summed E-state index contributed by atoms with van der Waals surface area (Å²) in [5, 5.41) is 0. The molecule has 1 aromatic rings. The number of hydrogen-bond donors (Lipinski definition) is 1. The predicted molar refractivity (Wildman–Crippen MR) is 72.5 cm³/mol. The second-order valence-electron chi connectivity index (χ2n) is 5.41. The second-order valence-corrected chi connectivity index (χ2v) is 5.41. The monoisotopic (exact) mass is 249 g/mol. The highest BCUT2D eigenvalue weighted by Gasteiger charge is 2.28. The second kappa shape index (κ2) is 5.83. The molecule has 0 aliphatic carbocycles. The van der Waals surface area contributed by atoms with Crippen LogP contribution in [0.25, 0.3) is 0 Å². The minimum atomic E-state index is -0.245. The SMILES string of the molecule is COCCC(C)(N)CC1OCCc2ccccc21. The number of ether oxygens (including phenoxy) is 2. The molecule has 1 aliphatic heterocycles. The third-order valence-electron chi connectivity index (χ3n) is 3.62. The smallest absolute Gasteiger partial charge is 0.0845 e. The summed E-state index contributed by atoms with van der Waals surface area (Å²) < 4.78 is 11.0. The Morgan fingerprint density at radius 3 is 3.00 bits per heavy atom. The van der Waals surface area contributed by atoms with Gasteiger partial charge in [-0.05, 0) is 37.3 Å². The number of methoxy groups -OCH3 is 1. The Hall–Kier alpha value is -0.900. The van der Waals surface area contributed by atoms with Crippen LogP contribution < -0.4 is 5.73 Å². The van der Waals surface area contributed by atoms with Gasteiger partial charge in [0.2, 0.25) is 0 Å². The van der Waals surface area contributed by atoms with Crippen molar-refractivity contribution in [1.29, 1.82) is 0 Å². The van der Waals surface area contributed by atoms with Gasteiger partial charge in [0.15, 0.2) is 0 Å². The van der Waals surface area contributed by atoms with E-state index in [0.29, 0.717) is 6.61 Å². The average molecular weight is 249 g/mol. The van der Waals surface area contributed by atoms with E-state index in [1.165, 1.54) is 11.1 Å². The summed E-state index contributed by atoms with van der Waals surface area (Å²) in [4.78, 5) is 0. The summed E-state index contributed by atoms with van der Waals surface area (Å²) in [6.45, 7) is 3.57. The van der Waals surface area contributed by atoms with Crippen LogP contribution in [0.3, 0.4) is 0 Å². The quantitative estimate of drug-likeness (QED) is 0.871. The zero-order chi connectivity index (χ0) is 13.0. The summed E-state index contributed by atoms with van der Waals surface area (Å²) in [6, 6.07) is 8.51. The number of nitrogens with two attached hydrogens (primary N) is 1. The Morgan fingerprint density at radius 2 is 2.22 bits per heavy atom. The van der Waals surface area contributed by atoms with Crippen LogP contribution in [0.4, 0.5) is 0 Å². The number of rotatable bonds is 5. The molecule has 2 N–H and O–H groups in total. The predicted octanol–water partition coefficient (Wildman–Crippen LogP) is 2.44. The van der Waals surface area contributed by atoms with E-state index in [9.17, 15) is 0 Å². The fourth-order valence-corrected chi connectivity index (χ4v) is 2.51. The van der Waals surface area contributed by atoms with Gasteiger partial charge in [-0.25, -0.2) is 0 Å². The largest absolute Gasteiger partial charge is 0.385 e. The molecule has 0 saturated heterocycles. The highest BCUT2D eigenvalue weighted by Crippen LogP contribution is 2.33. The van der Waals surface area contributed by atoms with Gasteiger partial charge in [-0.15, -0.1) is 0 Å². The lowest BCUT2D eigenvalue weighted by Crippen LogP contribution is -2.40. The van der Waals surface area contributed by atoms with Gasteiger partial charge in [-0.1, -0.05) is 24.3 Å². The minimum Gasteiger partial charge on any atom is -0.385 e. The molecule has 2 atom stereocenters. The number of benzene rings is 1. The molecule has 3 heteroatoms. The Labute approximate surface area is 109 Å². The van der Waals surface area contributed by atoms with Crippen molar-refractivity contribution >= 4 is 0 Å². The van der Waals surface area contributed by atoms with E-state index in [-0.39, 0.29) is 11.6 Å². The summed E-state index contributed by atoms with van der Waals surface area (Å²) in [5.41, 5.74) is 8.79. The molecule has 0 radical (unpaired) electrons. The van der Waals surface area contributed by atoms with Crippen LogP contribution in [0.1, 0.15) is 37.0 Å². The highest BCUT2D eigenvalue weighted by atomic mass is 16.5. The molecule has 0 aromatic heterocycles. The molecule has 0 amide bonds. The van der Waals surface area contributed by atoms with Crippen molar-refractivity contribution in [1.82, 2.24) is 0 Å². The van der Waals surface area contributed by atoms with E-state index in [1.54, 1.807) is 7.11 Å². The zero-order valence-electron chi connectivity index (χ0n) is 11.3. The van der Waals surface area contributed by atoms with Crippen LogP contribution in [0.15, 0.2) is 24.3 Å². The first-order valence-corrected chi connectivity index (χ1v) is 6.59. The van der Waals surface area contributed by atoms with Gasteiger partial charge in [0.25, 0.3) is 0 Å². The first-order chi connectivity index (χ1) is 8.62. The van der Waals surface area contributed by atoms with E-state index in [4.69, 9.17) is 15.2 Å². The summed E-state index contributed by atoms with van der Waals surface area (Å²) in [7, 11) is 1.71. The molecule has 2 rings (SSSR count). The first-order valence-electron chi connectivity index (χ1n) is 6.59. The van der Waals surface area contributed by atoms with Crippen molar-refractivity contribution in [3.63, 3.8) is 0 Å². The van der Waals surface area contributed by atoms with Gasteiger partial charge < -0.3 is 15.2 Å². The number of hydrogen-bond acceptors (Lipinski definition) is 3. The lowest BCUT2D eigenvalue weighted by Gasteiger charge is -2.33. The normalized spacial score (nSPS) is 22.3. The van der Waals surface area contributed by atoms with Gasteiger partial charge >= 0.3 is 0 Å². The molecular formula is C15H23NO2. The average Bonchev–Trinajstić information content (AvgIpc) is 2.37. The van der Waals surface area contributed by atoms with Gasteiger partial charge in [0.1, 0.15) is 0 Å². The third kappa shape index (κ3) is 3.31. The van der Waals surface area contributed by atoms with E-state index in [0.717, 1.165) is 25.9 Å². The molecule has 0 spiro atoms. The lowest BCUT2D eigenvalue weighted by molar-refractivity contribution is 0.0187. The fourth-order valence-electron chi connectivity index (χ4n) is 2.51. The summed E-state index contributed by atoms with van der Waals surface area (Å²) >= 11 is 0. The van der Waals surface area contributed by atoms with E-state index in [1.807, 2.05) is 0 Å². The van der Waals surface area contributed by atoms with E-state index in [2.05, 4.69) is 31.2 Å². The third-order valence-corrected chi connectivity index (χ3v) is 3.62. The molecule has 0 fully saturated rings. The van der Waals surface area contributed by atoms with E-state index >= 15 is 0 Å². The first kappa shape index (κ1) is 13.5. The van der Waals surface area contributed by atoms with E-state index < -0.39 is 0 Å². The lowest BCUT2D eigenvalue weighted by atomic mass is 9.86. The van der Waals surface area contributed by atoms with Crippen molar-refractivity contribution in [2.75, 3.05) is 20.3 Å². The van der Waals surface area contributed by atoms with Crippen molar-refractivity contribution < 1.29 is 9.47 Å².